The molecule has 0 unspecified atom stereocenters. The number of nitrogens with zero attached hydrogens (tertiary/aromatic N) is 3. The number of unbranched alkanes of at least 4 members (excludes halogenated alkanes) is 24. The molecule has 1 fully saturated rings. The van der Waals surface area contributed by atoms with Crippen molar-refractivity contribution in [2.24, 2.45) is 0 Å². The molecule has 1 saturated heterocycles. The summed E-state index contributed by atoms with van der Waals surface area (Å²) < 4.78 is 26.7. The number of fused-ring (bicyclic) bond motifs is 1. The third-order valence-electron chi connectivity index (χ3n) is 11.3. The summed E-state index contributed by atoms with van der Waals surface area (Å²) >= 11 is 5.43. The molecule has 12 heteroatoms. The van der Waals surface area contributed by atoms with Gasteiger partial charge >= 0.3 is 17.9 Å². The van der Waals surface area contributed by atoms with Crippen LogP contribution in [0.3, 0.4) is 0 Å². The zero-order valence-corrected chi connectivity index (χ0v) is 37.3. The van der Waals surface area contributed by atoms with Gasteiger partial charge in [0.1, 0.15) is 23.9 Å². The van der Waals surface area contributed by atoms with Crippen LogP contribution in [0.5, 0.6) is 0 Å². The number of aromatic nitrogens is 4. The van der Waals surface area contributed by atoms with Gasteiger partial charge in [-0.25, -0.2) is 9.97 Å². The van der Waals surface area contributed by atoms with Crippen LogP contribution in [0.1, 0.15) is 220 Å². The maximum Gasteiger partial charge on any atom is 0.306 e. The van der Waals surface area contributed by atoms with Gasteiger partial charge in [-0.05, 0) is 19.3 Å². The van der Waals surface area contributed by atoms with Gasteiger partial charge in [0, 0.05) is 19.3 Å². The maximum absolute atomic E-state index is 13.5. The smallest absolute Gasteiger partial charge is 0.306 e. The van der Waals surface area contributed by atoms with E-state index >= 15 is 0 Å². The highest BCUT2D eigenvalue weighted by atomic mass is 32.1. The Kier molecular flexibility index (Phi) is 26.5. The van der Waals surface area contributed by atoms with Crippen molar-refractivity contribution in [3.8, 4) is 0 Å². The van der Waals surface area contributed by atoms with Gasteiger partial charge in [0.15, 0.2) is 23.1 Å². The molecule has 0 aromatic carbocycles. The molecule has 3 rings (SSSR count). The Labute approximate surface area is 354 Å². The Morgan fingerprint density at radius 2 is 1.02 bits per heavy atom. The lowest BCUT2D eigenvalue weighted by molar-refractivity contribution is -0.169. The molecule has 1 N–H and O–H groups in total. The third kappa shape index (κ3) is 19.5. The summed E-state index contributed by atoms with van der Waals surface area (Å²) in [5, 5.41) is 0. The van der Waals surface area contributed by atoms with E-state index in [2.05, 4.69) is 35.7 Å². The lowest BCUT2D eigenvalue weighted by Gasteiger charge is -2.25. The maximum atomic E-state index is 13.5. The highest BCUT2D eigenvalue weighted by Crippen LogP contribution is 2.36. The Hall–Kier alpha value is -2.86. The van der Waals surface area contributed by atoms with Crippen LogP contribution >= 0.6 is 12.2 Å². The zero-order valence-electron chi connectivity index (χ0n) is 36.5. The number of carbonyl (C=O) groups excluding carboxylic acids is 3. The first-order chi connectivity index (χ1) is 28.4. The van der Waals surface area contributed by atoms with E-state index in [4.69, 9.17) is 31.2 Å². The van der Waals surface area contributed by atoms with Gasteiger partial charge in [-0.3, -0.25) is 19.0 Å². The summed E-state index contributed by atoms with van der Waals surface area (Å²) in [6.07, 6.45) is 30.8. The number of aromatic amines is 1. The predicted molar refractivity (Wildman–Crippen MR) is 233 cm³/mol. The van der Waals surface area contributed by atoms with E-state index in [0.29, 0.717) is 35.1 Å². The van der Waals surface area contributed by atoms with Gasteiger partial charge in [0.05, 0.1) is 12.7 Å². The number of esters is 3. The van der Waals surface area contributed by atoms with Gasteiger partial charge in [-0.15, -0.1) is 0 Å². The molecule has 0 aliphatic carbocycles. The standard InChI is InChI=1S/C46H78N4O7S/c1-4-7-10-13-16-19-22-25-28-31-38(51)54-34-37-42(56-39(52)32-29-26-23-20-17-14-11-8-5-2)43(57-40(53)33-30-27-24-21-18-15-12-9-6-3)46(55-37)50-36-49-41-44(50)47-35-48-45(41)58/h35-37,42-43,46H,4-34H2,1-3H3,(H,47,48,58)/t37-,42+,43-,46+/m0/s1. The number of imidazole rings is 1. The summed E-state index contributed by atoms with van der Waals surface area (Å²) in [5.74, 6) is -1.09. The van der Waals surface area contributed by atoms with Crippen LogP contribution in [0.2, 0.25) is 0 Å². The fraction of sp³-hybridized carbons (Fsp3) is 0.826. The second-order valence-electron chi connectivity index (χ2n) is 16.4. The van der Waals surface area contributed by atoms with E-state index in [1.165, 1.54) is 109 Å². The number of hydrogen-bond donors (Lipinski definition) is 1. The van der Waals surface area contributed by atoms with E-state index in [1.54, 1.807) is 10.9 Å². The second-order valence-corrected chi connectivity index (χ2v) is 16.8. The molecule has 11 nitrogen and oxygen atoms in total. The topological polar surface area (TPSA) is 135 Å². The molecule has 4 atom stereocenters. The molecule has 1 aliphatic heterocycles. The molecule has 0 saturated carbocycles. The van der Waals surface area contributed by atoms with Crippen molar-refractivity contribution in [2.75, 3.05) is 6.61 Å². The van der Waals surface area contributed by atoms with Crippen molar-refractivity contribution in [1.82, 2.24) is 19.5 Å². The number of ether oxygens (including phenoxy) is 4. The van der Waals surface area contributed by atoms with E-state index in [9.17, 15) is 14.4 Å². The van der Waals surface area contributed by atoms with Crippen molar-refractivity contribution in [2.45, 2.75) is 238 Å². The third-order valence-corrected chi connectivity index (χ3v) is 11.6. The van der Waals surface area contributed by atoms with E-state index in [0.717, 1.165) is 57.8 Å². The number of H-pyrrole nitrogens is 1. The molecule has 0 amide bonds. The lowest BCUT2D eigenvalue weighted by atomic mass is 10.1. The molecule has 330 valence electrons. The molecule has 0 radical (unpaired) electrons. The molecule has 2 aromatic rings. The first-order valence-electron chi connectivity index (χ1n) is 23.5. The molecule has 3 heterocycles. The highest BCUT2D eigenvalue weighted by Gasteiger charge is 2.51. The van der Waals surface area contributed by atoms with Crippen molar-refractivity contribution >= 4 is 41.3 Å². The quantitative estimate of drug-likeness (QED) is 0.0309. The van der Waals surface area contributed by atoms with Gasteiger partial charge in [0.2, 0.25) is 0 Å². The van der Waals surface area contributed by atoms with Crippen LogP contribution in [-0.4, -0.2) is 62.3 Å². The van der Waals surface area contributed by atoms with Gasteiger partial charge in [-0.2, -0.15) is 0 Å². The van der Waals surface area contributed by atoms with Gasteiger partial charge in [-0.1, -0.05) is 187 Å². The van der Waals surface area contributed by atoms with Crippen LogP contribution in [0.4, 0.5) is 0 Å². The Bertz CT molecular complexity index is 1460. The van der Waals surface area contributed by atoms with E-state index in [-0.39, 0.29) is 37.4 Å². The highest BCUT2D eigenvalue weighted by molar-refractivity contribution is 7.71. The molecule has 2 aromatic heterocycles. The van der Waals surface area contributed by atoms with Crippen LogP contribution < -0.4 is 0 Å². The Morgan fingerprint density at radius 3 is 1.48 bits per heavy atom. The van der Waals surface area contributed by atoms with Crippen LogP contribution in [-0.2, 0) is 33.3 Å². The summed E-state index contributed by atoms with van der Waals surface area (Å²) in [6.45, 7) is 6.54. The zero-order chi connectivity index (χ0) is 41.6. The fourth-order valence-corrected chi connectivity index (χ4v) is 8.01. The van der Waals surface area contributed by atoms with Crippen LogP contribution in [0, 0.1) is 4.64 Å². The van der Waals surface area contributed by atoms with Crippen molar-refractivity contribution in [1.29, 1.82) is 0 Å². The molecule has 0 bridgehead atoms. The summed E-state index contributed by atoms with van der Waals surface area (Å²) in [5.41, 5.74) is 1.00. The summed E-state index contributed by atoms with van der Waals surface area (Å²) in [6, 6.07) is 0. The largest absolute Gasteiger partial charge is 0.463 e. The Balaban J connectivity index is 1.67. The molecule has 1 aliphatic rings. The summed E-state index contributed by atoms with van der Waals surface area (Å²) in [4.78, 5) is 51.6. The van der Waals surface area contributed by atoms with Crippen molar-refractivity contribution in [3.63, 3.8) is 0 Å². The van der Waals surface area contributed by atoms with Crippen molar-refractivity contribution in [3.05, 3.63) is 17.3 Å². The van der Waals surface area contributed by atoms with E-state index < -0.39 is 24.5 Å². The molecule has 0 spiro atoms. The first kappa shape index (κ1) is 49.5. The normalized spacial score (nSPS) is 17.8. The van der Waals surface area contributed by atoms with Crippen LogP contribution in [0.25, 0.3) is 11.2 Å². The number of carbonyl (C=O) groups is 3. The fourth-order valence-electron chi connectivity index (χ4n) is 7.81. The van der Waals surface area contributed by atoms with Gasteiger partial charge < -0.3 is 23.9 Å². The monoisotopic (exact) mass is 831 g/mol. The Morgan fingerprint density at radius 1 is 0.603 bits per heavy atom. The minimum Gasteiger partial charge on any atom is -0.463 e. The average Bonchev–Trinajstić information content (AvgIpc) is 3.79. The van der Waals surface area contributed by atoms with Crippen LogP contribution in [0.15, 0.2) is 12.7 Å². The SMILES string of the molecule is CCCCCCCCCCCC(=O)OC[C@@H]1O[C@@H](n2cnc3c(=S)nc[nH]c32)[C@@H](OC(=O)CCCCCCCCCCC)[C@@H]1OC(=O)CCCCCCCCCCC. The average molecular weight is 831 g/mol. The minimum atomic E-state index is -1.01. The van der Waals surface area contributed by atoms with Crippen molar-refractivity contribution < 1.29 is 33.3 Å². The number of rotatable bonds is 35. The predicted octanol–water partition coefficient (Wildman–Crippen LogP) is 12.5. The second kappa shape index (κ2) is 31.1. The lowest BCUT2D eigenvalue weighted by Crippen LogP contribution is -2.41. The minimum absolute atomic E-state index is 0.140. The summed E-state index contributed by atoms with van der Waals surface area (Å²) in [7, 11) is 0. The molecule has 58 heavy (non-hydrogen) atoms. The molecular formula is C46H78N4O7S. The first-order valence-corrected chi connectivity index (χ1v) is 23.9. The number of nitrogens with one attached hydrogen (secondary N) is 1. The number of hydrogen-bond acceptors (Lipinski definition) is 10. The van der Waals surface area contributed by atoms with Gasteiger partial charge in [0.25, 0.3) is 0 Å². The molecular weight excluding hydrogens is 753 g/mol. The van der Waals surface area contributed by atoms with E-state index in [1.807, 2.05) is 0 Å².